The molecule has 2 aromatic carbocycles. The summed E-state index contributed by atoms with van der Waals surface area (Å²) in [5.41, 5.74) is 6.95. The van der Waals surface area contributed by atoms with Crippen LogP contribution in [0.4, 0.5) is 20.2 Å². The maximum absolute atomic E-state index is 14.2. The third-order valence-corrected chi connectivity index (χ3v) is 3.82. The van der Waals surface area contributed by atoms with E-state index in [0.717, 1.165) is 0 Å². The van der Waals surface area contributed by atoms with Crippen molar-refractivity contribution < 1.29 is 8.78 Å². The summed E-state index contributed by atoms with van der Waals surface area (Å²) in [5, 5.41) is 2.75. The van der Waals surface area contributed by atoms with Crippen LogP contribution in [0.2, 0.25) is 0 Å². The van der Waals surface area contributed by atoms with Crippen molar-refractivity contribution in [3.05, 3.63) is 57.6 Å². The second kappa shape index (κ2) is 5.85. The van der Waals surface area contributed by atoms with Gasteiger partial charge in [-0.1, -0.05) is 24.4 Å². The van der Waals surface area contributed by atoms with Crippen LogP contribution in [0, 0.1) is 18.6 Å². The summed E-state index contributed by atoms with van der Waals surface area (Å²) in [6, 6.07) is 7.69. The molecule has 0 fully saturated rings. The third kappa shape index (κ3) is 2.81. The number of benzene rings is 2. The Kier molecular flexibility index (Phi) is 4.35. The van der Waals surface area contributed by atoms with E-state index in [0.29, 0.717) is 11.1 Å². The number of para-hydroxylation sites is 1. The standard InChI is InChI=1S/C14H11BrF2N2S/c1-7-3-2-4-9(16)13(7)19-10-6-5-8(14(18)20)11(15)12(10)17/h2-6,19H,1H3,(H2,18,20). The van der Waals surface area contributed by atoms with Gasteiger partial charge in [-0.2, -0.15) is 0 Å². The number of nitrogens with one attached hydrogen (secondary N) is 1. The molecule has 0 heterocycles. The van der Waals surface area contributed by atoms with E-state index in [2.05, 4.69) is 21.2 Å². The van der Waals surface area contributed by atoms with Gasteiger partial charge >= 0.3 is 0 Å². The number of nitrogens with two attached hydrogens (primary N) is 1. The number of anilines is 2. The zero-order valence-corrected chi connectivity index (χ0v) is 12.9. The van der Waals surface area contributed by atoms with Crippen LogP contribution in [0.15, 0.2) is 34.8 Å². The lowest BCUT2D eigenvalue weighted by Gasteiger charge is -2.13. The van der Waals surface area contributed by atoms with E-state index in [9.17, 15) is 8.78 Å². The van der Waals surface area contributed by atoms with Crippen molar-refractivity contribution in [1.82, 2.24) is 0 Å². The van der Waals surface area contributed by atoms with Crippen LogP contribution in [-0.4, -0.2) is 4.99 Å². The van der Waals surface area contributed by atoms with Crippen LogP contribution in [-0.2, 0) is 0 Å². The molecule has 0 aliphatic carbocycles. The second-order valence-corrected chi connectivity index (χ2v) is 5.44. The summed E-state index contributed by atoms with van der Waals surface area (Å²) in [7, 11) is 0. The zero-order chi connectivity index (χ0) is 14.9. The van der Waals surface area contributed by atoms with Crippen LogP contribution < -0.4 is 11.1 Å². The van der Waals surface area contributed by atoms with E-state index in [1.165, 1.54) is 12.1 Å². The maximum atomic E-state index is 14.2. The van der Waals surface area contributed by atoms with Gasteiger partial charge in [-0.15, -0.1) is 0 Å². The van der Waals surface area contributed by atoms with Crippen LogP contribution in [0.5, 0.6) is 0 Å². The first kappa shape index (κ1) is 14.9. The van der Waals surface area contributed by atoms with Gasteiger partial charge in [0.25, 0.3) is 0 Å². The van der Waals surface area contributed by atoms with Crippen molar-refractivity contribution in [2.24, 2.45) is 5.73 Å². The first-order valence-electron chi connectivity index (χ1n) is 5.71. The molecule has 104 valence electrons. The normalized spacial score (nSPS) is 10.4. The predicted octanol–water partition coefficient (Wildman–Crippen LogP) is 4.41. The van der Waals surface area contributed by atoms with E-state index < -0.39 is 11.6 Å². The highest BCUT2D eigenvalue weighted by Gasteiger charge is 2.14. The molecule has 0 amide bonds. The molecule has 20 heavy (non-hydrogen) atoms. The molecule has 0 atom stereocenters. The van der Waals surface area contributed by atoms with Gasteiger partial charge in [0.05, 0.1) is 15.8 Å². The number of aryl methyl sites for hydroxylation is 1. The average Bonchev–Trinajstić information content (AvgIpc) is 2.38. The number of halogens is 3. The molecule has 0 saturated carbocycles. The fourth-order valence-electron chi connectivity index (χ4n) is 1.76. The topological polar surface area (TPSA) is 38.0 Å². The quantitative estimate of drug-likeness (QED) is 0.799. The van der Waals surface area contributed by atoms with Crippen LogP contribution in [0.1, 0.15) is 11.1 Å². The van der Waals surface area contributed by atoms with Crippen molar-refractivity contribution >= 4 is 44.5 Å². The summed E-state index contributed by atoms with van der Waals surface area (Å²) in [6.07, 6.45) is 0. The molecule has 0 radical (unpaired) electrons. The number of thiocarbonyl (C=S) groups is 1. The Labute approximate surface area is 129 Å². The number of hydrogen-bond acceptors (Lipinski definition) is 2. The Balaban J connectivity index is 2.45. The van der Waals surface area contributed by atoms with Crippen molar-refractivity contribution in [1.29, 1.82) is 0 Å². The monoisotopic (exact) mass is 356 g/mol. The molecule has 0 aliphatic rings. The highest BCUT2D eigenvalue weighted by molar-refractivity contribution is 9.10. The van der Waals surface area contributed by atoms with Gasteiger partial charge in [0.2, 0.25) is 0 Å². The van der Waals surface area contributed by atoms with Gasteiger partial charge in [-0.05, 0) is 46.6 Å². The van der Waals surface area contributed by atoms with E-state index in [-0.39, 0.29) is 20.8 Å². The van der Waals surface area contributed by atoms with E-state index in [1.54, 1.807) is 25.1 Å². The largest absolute Gasteiger partial charge is 0.389 e. The lowest BCUT2D eigenvalue weighted by atomic mass is 10.1. The summed E-state index contributed by atoms with van der Waals surface area (Å²) >= 11 is 7.93. The van der Waals surface area contributed by atoms with Gasteiger partial charge in [-0.25, -0.2) is 8.78 Å². The fraction of sp³-hybridized carbons (Fsp3) is 0.0714. The molecule has 3 N–H and O–H groups in total. The molecule has 0 saturated heterocycles. The molecule has 6 heteroatoms. The molecule has 2 nitrogen and oxygen atoms in total. The Bertz CT molecular complexity index is 669. The van der Waals surface area contributed by atoms with Crippen LogP contribution in [0.25, 0.3) is 0 Å². The number of hydrogen-bond donors (Lipinski definition) is 2. The minimum atomic E-state index is -0.571. The lowest BCUT2D eigenvalue weighted by Crippen LogP contribution is -2.11. The average molecular weight is 357 g/mol. The molecular weight excluding hydrogens is 346 g/mol. The van der Waals surface area contributed by atoms with Gasteiger partial charge in [0, 0.05) is 5.56 Å². The van der Waals surface area contributed by atoms with E-state index >= 15 is 0 Å². The van der Waals surface area contributed by atoms with Gasteiger partial charge in [0.1, 0.15) is 10.8 Å². The molecule has 0 aromatic heterocycles. The molecular formula is C14H11BrF2N2S. The van der Waals surface area contributed by atoms with Crippen molar-refractivity contribution in [2.45, 2.75) is 6.92 Å². The zero-order valence-electron chi connectivity index (χ0n) is 10.5. The van der Waals surface area contributed by atoms with Gasteiger partial charge in [-0.3, -0.25) is 0 Å². The van der Waals surface area contributed by atoms with Crippen LogP contribution >= 0.6 is 28.1 Å². The molecule has 0 bridgehead atoms. The van der Waals surface area contributed by atoms with Crippen LogP contribution in [0.3, 0.4) is 0 Å². The Morgan fingerprint density at radius 2 is 1.95 bits per heavy atom. The Morgan fingerprint density at radius 3 is 2.55 bits per heavy atom. The molecule has 0 unspecified atom stereocenters. The molecule has 2 rings (SSSR count). The lowest BCUT2D eigenvalue weighted by molar-refractivity contribution is 0.620. The SMILES string of the molecule is Cc1cccc(F)c1Nc1ccc(C(N)=S)c(Br)c1F. The number of rotatable bonds is 3. The van der Waals surface area contributed by atoms with E-state index in [4.69, 9.17) is 18.0 Å². The maximum Gasteiger partial charge on any atom is 0.161 e. The minimum absolute atomic E-state index is 0.0874. The molecule has 0 spiro atoms. The first-order chi connectivity index (χ1) is 9.41. The Morgan fingerprint density at radius 1 is 1.25 bits per heavy atom. The summed E-state index contributed by atoms with van der Waals surface area (Å²) < 4.78 is 28.1. The highest BCUT2D eigenvalue weighted by Crippen LogP contribution is 2.31. The second-order valence-electron chi connectivity index (χ2n) is 4.21. The van der Waals surface area contributed by atoms with Gasteiger partial charge < -0.3 is 11.1 Å². The van der Waals surface area contributed by atoms with Crippen molar-refractivity contribution in [3.63, 3.8) is 0 Å². The van der Waals surface area contributed by atoms with Crippen molar-refractivity contribution in [2.75, 3.05) is 5.32 Å². The fourth-order valence-corrected chi connectivity index (χ4v) is 2.62. The molecule has 0 aliphatic heterocycles. The summed E-state index contributed by atoms with van der Waals surface area (Å²) in [5.74, 6) is -1.02. The van der Waals surface area contributed by atoms with Gasteiger partial charge in [0.15, 0.2) is 5.82 Å². The summed E-state index contributed by atoms with van der Waals surface area (Å²) in [6.45, 7) is 1.74. The summed E-state index contributed by atoms with van der Waals surface area (Å²) in [4.78, 5) is 0.0874. The highest BCUT2D eigenvalue weighted by atomic mass is 79.9. The third-order valence-electron chi connectivity index (χ3n) is 2.83. The Hall–Kier alpha value is -1.53. The minimum Gasteiger partial charge on any atom is -0.389 e. The first-order valence-corrected chi connectivity index (χ1v) is 6.92. The predicted molar refractivity (Wildman–Crippen MR) is 84.4 cm³/mol. The smallest absolute Gasteiger partial charge is 0.161 e. The molecule has 2 aromatic rings. The van der Waals surface area contributed by atoms with E-state index in [1.807, 2.05) is 0 Å². The van der Waals surface area contributed by atoms with Crippen molar-refractivity contribution in [3.8, 4) is 0 Å².